The van der Waals surface area contributed by atoms with Crippen LogP contribution in [0.2, 0.25) is 0 Å². The minimum atomic E-state index is -0.119. The molecule has 0 aliphatic carbocycles. The Kier molecular flexibility index (Phi) is 5.77. The Bertz CT molecular complexity index is 745. The summed E-state index contributed by atoms with van der Waals surface area (Å²) in [5, 5.41) is 7.46. The molecule has 0 bridgehead atoms. The van der Waals surface area contributed by atoms with Gasteiger partial charge in [-0.25, -0.2) is 0 Å². The van der Waals surface area contributed by atoms with Crippen LogP contribution in [0, 0.1) is 19.8 Å². The smallest absolute Gasteiger partial charge is 0.241 e. The Morgan fingerprint density at radius 2 is 1.88 bits per heavy atom. The maximum absolute atomic E-state index is 12.7. The predicted molar refractivity (Wildman–Crippen MR) is 105 cm³/mol. The monoisotopic (exact) mass is 354 g/mol. The molecule has 1 aromatic heterocycles. The summed E-state index contributed by atoms with van der Waals surface area (Å²) in [4.78, 5) is 15.0. The molecule has 1 aromatic carbocycles. The van der Waals surface area contributed by atoms with Crippen LogP contribution in [-0.4, -0.2) is 39.7 Å². The van der Waals surface area contributed by atoms with Crippen LogP contribution in [0.1, 0.15) is 36.7 Å². The molecule has 1 aliphatic rings. The minimum Gasteiger partial charge on any atom is -0.322 e. The van der Waals surface area contributed by atoms with E-state index in [2.05, 4.69) is 45.6 Å². The largest absolute Gasteiger partial charge is 0.322 e. The van der Waals surface area contributed by atoms with Crippen LogP contribution in [0.5, 0.6) is 0 Å². The molecule has 1 amide bonds. The van der Waals surface area contributed by atoms with Crippen molar-refractivity contribution in [1.82, 2.24) is 14.7 Å². The van der Waals surface area contributed by atoms with Crippen molar-refractivity contribution in [3.8, 4) is 0 Å². The zero-order valence-corrected chi connectivity index (χ0v) is 16.3. The lowest BCUT2D eigenvalue weighted by atomic mass is 9.89. The van der Waals surface area contributed by atoms with Gasteiger partial charge in [0.2, 0.25) is 5.91 Å². The van der Waals surface area contributed by atoms with Gasteiger partial charge in [0.1, 0.15) is 0 Å². The number of benzene rings is 1. The Hall–Kier alpha value is -2.14. The number of nitrogens with one attached hydrogen (secondary N) is 1. The molecule has 26 heavy (non-hydrogen) atoms. The number of hydrogen-bond donors (Lipinski definition) is 1. The van der Waals surface area contributed by atoms with Gasteiger partial charge in [0.25, 0.3) is 0 Å². The number of aromatic nitrogens is 2. The molecule has 0 radical (unpaired) electrons. The lowest BCUT2D eigenvalue weighted by Gasteiger charge is -2.35. The normalized spacial score (nSPS) is 17.2. The van der Waals surface area contributed by atoms with Gasteiger partial charge in [-0.2, -0.15) is 5.10 Å². The van der Waals surface area contributed by atoms with E-state index >= 15 is 0 Å². The van der Waals surface area contributed by atoms with Gasteiger partial charge in [0, 0.05) is 7.05 Å². The van der Waals surface area contributed by atoms with E-state index in [4.69, 9.17) is 0 Å². The molecule has 1 aliphatic heterocycles. The fraction of sp³-hybridized carbons (Fsp3) is 0.524. The second kappa shape index (κ2) is 8.04. The molecule has 2 aromatic rings. The van der Waals surface area contributed by atoms with Gasteiger partial charge in [-0.1, -0.05) is 30.3 Å². The van der Waals surface area contributed by atoms with Gasteiger partial charge in [-0.15, -0.1) is 0 Å². The highest BCUT2D eigenvalue weighted by atomic mass is 16.2. The highest BCUT2D eigenvalue weighted by molar-refractivity contribution is 5.95. The second-order valence-corrected chi connectivity index (χ2v) is 7.50. The van der Waals surface area contributed by atoms with Crippen molar-refractivity contribution in [3.63, 3.8) is 0 Å². The van der Waals surface area contributed by atoms with Crippen molar-refractivity contribution in [3.05, 3.63) is 47.3 Å². The average molecular weight is 354 g/mol. The van der Waals surface area contributed by atoms with E-state index in [0.717, 1.165) is 49.4 Å². The van der Waals surface area contributed by atoms with Gasteiger partial charge < -0.3 is 5.32 Å². The Morgan fingerprint density at radius 1 is 1.23 bits per heavy atom. The molecule has 1 saturated heterocycles. The van der Waals surface area contributed by atoms with E-state index in [1.165, 1.54) is 5.56 Å². The van der Waals surface area contributed by atoms with E-state index in [-0.39, 0.29) is 11.9 Å². The third kappa shape index (κ3) is 4.15. The topological polar surface area (TPSA) is 50.2 Å². The Labute approximate surface area is 156 Å². The van der Waals surface area contributed by atoms with Crippen molar-refractivity contribution in [2.45, 2.75) is 46.1 Å². The molecule has 1 N–H and O–H groups in total. The van der Waals surface area contributed by atoms with Crippen LogP contribution in [0.3, 0.4) is 0 Å². The summed E-state index contributed by atoms with van der Waals surface area (Å²) in [5.74, 6) is 0.775. The molecule has 5 nitrogen and oxygen atoms in total. The second-order valence-electron chi connectivity index (χ2n) is 7.50. The average Bonchev–Trinajstić information content (AvgIpc) is 2.88. The number of carbonyl (C=O) groups excluding carboxylic acids is 1. The number of aryl methyl sites for hydroxylation is 2. The first-order valence-electron chi connectivity index (χ1n) is 9.54. The summed E-state index contributed by atoms with van der Waals surface area (Å²) < 4.78 is 1.81. The number of nitrogens with zero attached hydrogens (tertiary/aromatic N) is 3. The van der Waals surface area contributed by atoms with Crippen LogP contribution < -0.4 is 5.32 Å². The SMILES string of the molecule is Cc1nn(C)c(C)c1NC(=O)[C@H](C)N1CCC(Cc2ccccc2)CC1. The van der Waals surface area contributed by atoms with Gasteiger partial charge in [-0.05, 0) is 64.6 Å². The summed E-state index contributed by atoms with van der Waals surface area (Å²) in [7, 11) is 1.90. The number of rotatable bonds is 5. The summed E-state index contributed by atoms with van der Waals surface area (Å²) in [6.07, 6.45) is 3.44. The maximum Gasteiger partial charge on any atom is 0.241 e. The lowest BCUT2D eigenvalue weighted by Crippen LogP contribution is -2.46. The van der Waals surface area contributed by atoms with E-state index in [9.17, 15) is 4.79 Å². The predicted octanol–water partition coefficient (Wildman–Crippen LogP) is 3.32. The van der Waals surface area contributed by atoms with Crippen molar-refractivity contribution < 1.29 is 4.79 Å². The number of likely N-dealkylation sites (tertiary alicyclic amines) is 1. The summed E-state index contributed by atoms with van der Waals surface area (Å²) >= 11 is 0. The van der Waals surface area contributed by atoms with E-state index in [1.807, 2.05) is 32.5 Å². The maximum atomic E-state index is 12.7. The van der Waals surface area contributed by atoms with Gasteiger partial charge >= 0.3 is 0 Å². The van der Waals surface area contributed by atoms with Crippen LogP contribution in [-0.2, 0) is 18.3 Å². The number of amides is 1. The number of piperidine rings is 1. The van der Waals surface area contributed by atoms with Crippen molar-refractivity contribution in [2.75, 3.05) is 18.4 Å². The fourth-order valence-electron chi connectivity index (χ4n) is 3.84. The molecule has 5 heteroatoms. The van der Waals surface area contributed by atoms with Crippen molar-refractivity contribution >= 4 is 11.6 Å². The molecule has 1 fully saturated rings. The standard InChI is InChI=1S/C21H30N4O/c1-15-20(16(2)24(4)23-15)22-21(26)17(3)25-12-10-19(11-13-25)14-18-8-6-5-7-9-18/h5-9,17,19H,10-14H2,1-4H3,(H,22,26)/t17-/m0/s1. The summed E-state index contributed by atoms with van der Waals surface area (Å²) in [6.45, 7) is 7.89. The molecular formula is C21H30N4O. The minimum absolute atomic E-state index is 0.0608. The zero-order valence-electron chi connectivity index (χ0n) is 16.3. The molecular weight excluding hydrogens is 324 g/mol. The fourth-order valence-corrected chi connectivity index (χ4v) is 3.84. The molecule has 0 unspecified atom stereocenters. The van der Waals surface area contributed by atoms with Gasteiger partial charge in [0.05, 0.1) is 23.1 Å². The van der Waals surface area contributed by atoms with Crippen molar-refractivity contribution in [2.24, 2.45) is 13.0 Å². The molecule has 2 heterocycles. The van der Waals surface area contributed by atoms with Crippen LogP contribution in [0.4, 0.5) is 5.69 Å². The van der Waals surface area contributed by atoms with Gasteiger partial charge in [0.15, 0.2) is 0 Å². The van der Waals surface area contributed by atoms with Crippen LogP contribution in [0.25, 0.3) is 0 Å². The highest BCUT2D eigenvalue weighted by Crippen LogP contribution is 2.24. The van der Waals surface area contributed by atoms with Crippen molar-refractivity contribution in [1.29, 1.82) is 0 Å². The highest BCUT2D eigenvalue weighted by Gasteiger charge is 2.27. The molecule has 0 saturated carbocycles. The number of hydrogen-bond acceptors (Lipinski definition) is 3. The number of anilines is 1. The Morgan fingerprint density at radius 3 is 2.46 bits per heavy atom. The first-order chi connectivity index (χ1) is 12.5. The summed E-state index contributed by atoms with van der Waals surface area (Å²) in [5.41, 5.74) is 4.12. The van der Waals surface area contributed by atoms with Gasteiger partial charge in [-0.3, -0.25) is 14.4 Å². The first kappa shape index (κ1) is 18.6. The molecule has 3 rings (SSSR count). The number of carbonyl (C=O) groups is 1. The van der Waals surface area contributed by atoms with Crippen LogP contribution >= 0.6 is 0 Å². The third-order valence-electron chi connectivity index (χ3n) is 5.70. The summed E-state index contributed by atoms with van der Waals surface area (Å²) in [6, 6.07) is 10.6. The van der Waals surface area contributed by atoms with E-state index in [0.29, 0.717) is 5.92 Å². The van der Waals surface area contributed by atoms with E-state index in [1.54, 1.807) is 0 Å². The van der Waals surface area contributed by atoms with E-state index < -0.39 is 0 Å². The third-order valence-corrected chi connectivity index (χ3v) is 5.70. The Balaban J connectivity index is 1.53. The molecule has 1 atom stereocenters. The molecule has 140 valence electrons. The van der Waals surface area contributed by atoms with Crippen LogP contribution in [0.15, 0.2) is 30.3 Å². The first-order valence-corrected chi connectivity index (χ1v) is 9.54. The molecule has 0 spiro atoms. The quantitative estimate of drug-likeness (QED) is 0.896. The zero-order chi connectivity index (χ0) is 18.7. The lowest BCUT2D eigenvalue weighted by molar-refractivity contribution is -0.121.